The summed E-state index contributed by atoms with van der Waals surface area (Å²) in [4.78, 5) is 43.1. The molecule has 5 fully saturated rings. The molecule has 21 heteroatoms. The predicted molar refractivity (Wildman–Crippen MR) is 391 cm³/mol. The molecule has 5 aromatic rings. The SMILES string of the molecule is CC1CCCC(C)N1CCCOc1ccc(C#N)cc1.CC1CCCCN1CCCOc1ccc(C#N)cc1.CC1CCCCN1CCCOc1ccc([N+](=O)[O-])cc1.CC1CCCN(CCCOc2ccc([N+](=O)[O-])cc2)C1.CC1CCN(CCCOc2ccc([N+](=O)[O-])cc2)CC1. The van der Waals surface area contributed by atoms with Gasteiger partial charge in [0.15, 0.2) is 0 Å². The van der Waals surface area contributed by atoms with Crippen LogP contribution in [0.15, 0.2) is 121 Å². The van der Waals surface area contributed by atoms with Crippen LogP contribution in [-0.4, -0.2) is 168 Å². The Morgan fingerprint density at radius 2 is 0.697 bits per heavy atom. The molecule has 0 saturated carbocycles. The van der Waals surface area contributed by atoms with Gasteiger partial charge in [-0.25, -0.2) is 0 Å². The third kappa shape index (κ3) is 31.4. The molecule has 0 aromatic heterocycles. The normalized spacial score (nSPS) is 19.9. The molecule has 0 N–H and O–H groups in total. The predicted octanol–water partition coefficient (Wildman–Crippen LogP) is 16.2. The number of hydrogen-bond acceptors (Lipinski definition) is 18. The Labute approximate surface area is 589 Å². The molecule has 21 nitrogen and oxygen atoms in total. The second kappa shape index (κ2) is 45.7. The van der Waals surface area contributed by atoms with Crippen LogP contribution in [0.5, 0.6) is 28.7 Å². The summed E-state index contributed by atoms with van der Waals surface area (Å²) in [7, 11) is 0. The highest BCUT2D eigenvalue weighted by molar-refractivity contribution is 5.38. The number of nitro groups is 3. The van der Waals surface area contributed by atoms with Crippen molar-refractivity contribution in [3.8, 4) is 40.9 Å². The average Bonchev–Trinajstić information content (AvgIpc) is 1.30. The van der Waals surface area contributed by atoms with Crippen LogP contribution in [0.1, 0.15) is 168 Å². The van der Waals surface area contributed by atoms with E-state index in [0.29, 0.717) is 66.3 Å². The largest absolute Gasteiger partial charge is 0.494 e. The zero-order valence-corrected chi connectivity index (χ0v) is 60.0. The Bertz CT molecular complexity index is 3130. The molecule has 10 rings (SSSR count). The molecule has 0 radical (unpaired) electrons. The smallest absolute Gasteiger partial charge is 0.269 e. The molecule has 540 valence electrons. The molecule has 5 aromatic carbocycles. The van der Waals surface area contributed by atoms with Gasteiger partial charge in [-0.05, 0) is 253 Å². The van der Waals surface area contributed by atoms with Gasteiger partial charge in [0.25, 0.3) is 17.1 Å². The molecule has 99 heavy (non-hydrogen) atoms. The summed E-state index contributed by atoms with van der Waals surface area (Å²) in [5, 5.41) is 49.1. The molecule has 5 unspecified atom stereocenters. The molecule has 5 saturated heterocycles. The zero-order valence-electron chi connectivity index (χ0n) is 60.0. The summed E-state index contributed by atoms with van der Waals surface area (Å²) in [6.07, 6.45) is 22.3. The minimum atomic E-state index is -0.402. The highest BCUT2D eigenvalue weighted by Crippen LogP contribution is 2.26. The van der Waals surface area contributed by atoms with E-state index in [1.165, 1.54) is 159 Å². The molecule has 5 atom stereocenters. The fraction of sp³-hybridized carbons (Fsp3) is 0.590. The van der Waals surface area contributed by atoms with Crippen molar-refractivity contribution < 1.29 is 38.5 Å². The Kier molecular flexibility index (Phi) is 36.9. The third-order valence-corrected chi connectivity index (χ3v) is 19.3. The van der Waals surface area contributed by atoms with E-state index < -0.39 is 14.8 Å². The fourth-order valence-electron chi connectivity index (χ4n) is 13.2. The van der Waals surface area contributed by atoms with Crippen molar-refractivity contribution in [2.45, 2.75) is 181 Å². The number of nitro benzene ring substituents is 3. The number of nitrogens with zero attached hydrogens (tertiary/aromatic N) is 10. The lowest BCUT2D eigenvalue weighted by Crippen LogP contribution is -2.44. The second-order valence-electron chi connectivity index (χ2n) is 27.2. The van der Waals surface area contributed by atoms with Gasteiger partial charge in [-0.2, -0.15) is 10.5 Å². The summed E-state index contributed by atoms with van der Waals surface area (Å²) >= 11 is 0. The summed E-state index contributed by atoms with van der Waals surface area (Å²) in [5.41, 5.74) is 1.64. The van der Waals surface area contributed by atoms with Crippen LogP contribution in [0.25, 0.3) is 0 Å². The van der Waals surface area contributed by atoms with Gasteiger partial charge < -0.3 is 43.3 Å². The van der Waals surface area contributed by atoms with Crippen molar-refractivity contribution in [1.82, 2.24) is 24.5 Å². The number of nitriles is 2. The molecule has 0 aliphatic carbocycles. The Hall–Kier alpha value is -7.92. The topological polar surface area (TPSA) is 239 Å². The van der Waals surface area contributed by atoms with Gasteiger partial charge in [0.1, 0.15) is 28.7 Å². The van der Waals surface area contributed by atoms with Crippen LogP contribution in [0.4, 0.5) is 17.1 Å². The minimum absolute atomic E-state index is 0.0968. The summed E-state index contributed by atoms with van der Waals surface area (Å²) in [6.45, 7) is 30.0. The van der Waals surface area contributed by atoms with Crippen molar-refractivity contribution in [2.75, 3.05) is 105 Å². The first-order valence-electron chi connectivity index (χ1n) is 36.5. The van der Waals surface area contributed by atoms with E-state index in [1.54, 1.807) is 60.7 Å². The van der Waals surface area contributed by atoms with E-state index >= 15 is 0 Å². The Balaban J connectivity index is 0.000000195. The van der Waals surface area contributed by atoms with Crippen molar-refractivity contribution in [3.05, 3.63) is 163 Å². The Morgan fingerprint density at radius 1 is 0.364 bits per heavy atom. The van der Waals surface area contributed by atoms with Gasteiger partial charge in [0.2, 0.25) is 0 Å². The molecule has 0 spiro atoms. The molecule has 5 heterocycles. The summed E-state index contributed by atoms with van der Waals surface area (Å²) < 4.78 is 28.3. The standard InChI is InChI=1S/C17H24N2O.C16H22N2O.3C15H22N2O3/c1-14-5-3-6-15(2)19(14)11-4-12-20-17-9-7-16(13-18)8-10-17;1-14-5-2-3-10-18(14)11-4-12-19-16-8-6-15(13-17)7-9-16;1-13-7-10-16(11-8-13)9-2-12-20-15-5-3-14(4-6-15)17(18)19;1-13-4-2-9-16(12-13)10-3-11-20-15-7-5-14(6-8-15)17(18)19;1-13-5-2-3-10-16(13)11-4-12-20-15-8-6-14(7-9-15)17(18)19/h7-10,14-15H,3-6,11-12H2,1-2H3;6-9,14H,2-5,10-12H2,1H3;3-6,13H,2,7-12H2,1H3;5-8,13H,2-4,9-12H2,1H3;6-9,13H,2-5,10-12H2,1H3. The highest BCUT2D eigenvalue weighted by Gasteiger charge is 2.25. The van der Waals surface area contributed by atoms with Crippen LogP contribution >= 0.6 is 0 Å². The number of ether oxygens (including phenoxy) is 5. The van der Waals surface area contributed by atoms with E-state index in [-0.39, 0.29) is 17.1 Å². The molecule has 5 aliphatic heterocycles. The van der Waals surface area contributed by atoms with Crippen LogP contribution in [0.2, 0.25) is 0 Å². The van der Waals surface area contributed by atoms with Crippen molar-refractivity contribution in [2.24, 2.45) is 11.8 Å². The van der Waals surface area contributed by atoms with Gasteiger partial charge in [0, 0.05) is 99.8 Å². The van der Waals surface area contributed by atoms with E-state index in [4.69, 9.17) is 34.2 Å². The van der Waals surface area contributed by atoms with E-state index in [1.807, 2.05) is 24.3 Å². The van der Waals surface area contributed by atoms with Gasteiger partial charge in [-0.3, -0.25) is 35.2 Å². The maximum absolute atomic E-state index is 10.5. The minimum Gasteiger partial charge on any atom is -0.494 e. The van der Waals surface area contributed by atoms with Crippen LogP contribution in [0, 0.1) is 64.8 Å². The fourth-order valence-corrected chi connectivity index (χ4v) is 13.2. The quantitative estimate of drug-likeness (QED) is 0.0257. The summed E-state index contributed by atoms with van der Waals surface area (Å²) in [6, 6.07) is 40.4. The van der Waals surface area contributed by atoms with Gasteiger partial charge >= 0.3 is 0 Å². The summed E-state index contributed by atoms with van der Waals surface area (Å²) in [5.74, 6) is 5.46. The van der Waals surface area contributed by atoms with E-state index in [0.717, 1.165) is 107 Å². The second-order valence-corrected chi connectivity index (χ2v) is 27.2. The number of rotatable bonds is 28. The Morgan fingerprint density at radius 3 is 1.04 bits per heavy atom. The first kappa shape index (κ1) is 80.1. The van der Waals surface area contributed by atoms with Crippen molar-refractivity contribution >= 4 is 17.1 Å². The highest BCUT2D eigenvalue weighted by atomic mass is 16.6. The molecular formula is C78H112N10O11. The lowest BCUT2D eigenvalue weighted by Gasteiger charge is -2.39. The number of benzene rings is 5. The van der Waals surface area contributed by atoms with Gasteiger partial charge in [-0.15, -0.1) is 0 Å². The lowest BCUT2D eigenvalue weighted by atomic mass is 9.97. The molecule has 0 amide bonds. The third-order valence-electron chi connectivity index (χ3n) is 19.3. The van der Waals surface area contributed by atoms with Crippen molar-refractivity contribution in [3.63, 3.8) is 0 Å². The molecule has 0 bridgehead atoms. The first-order valence-corrected chi connectivity index (χ1v) is 36.5. The zero-order chi connectivity index (χ0) is 71.0. The van der Waals surface area contributed by atoms with Crippen LogP contribution < -0.4 is 23.7 Å². The number of piperidine rings is 5. The van der Waals surface area contributed by atoms with Crippen LogP contribution in [0.3, 0.4) is 0 Å². The van der Waals surface area contributed by atoms with Gasteiger partial charge in [0.05, 0.1) is 71.1 Å². The first-order chi connectivity index (χ1) is 48.0. The monoisotopic (exact) mass is 1360 g/mol. The number of non-ortho nitro benzene ring substituents is 3. The molecule has 5 aliphatic rings. The molecular weight excluding hydrogens is 1250 g/mol. The number of likely N-dealkylation sites (tertiary alicyclic amines) is 5. The van der Waals surface area contributed by atoms with Gasteiger partial charge in [-0.1, -0.05) is 33.1 Å². The maximum atomic E-state index is 10.5. The lowest BCUT2D eigenvalue weighted by molar-refractivity contribution is -0.385. The van der Waals surface area contributed by atoms with Crippen molar-refractivity contribution in [1.29, 1.82) is 10.5 Å². The van der Waals surface area contributed by atoms with E-state index in [2.05, 4.69) is 78.2 Å². The van der Waals surface area contributed by atoms with Crippen LogP contribution in [-0.2, 0) is 0 Å². The maximum Gasteiger partial charge on any atom is 0.269 e. The van der Waals surface area contributed by atoms with E-state index in [9.17, 15) is 30.3 Å². The number of hydrogen-bond donors (Lipinski definition) is 0. The average molecular weight is 1370 g/mol.